The highest BCUT2D eigenvalue weighted by molar-refractivity contribution is 14.1. The highest BCUT2D eigenvalue weighted by Crippen LogP contribution is 2.48. The van der Waals surface area contributed by atoms with Gasteiger partial charge >= 0.3 is 0 Å². The highest BCUT2D eigenvalue weighted by Gasteiger charge is 2.52. The Hall–Kier alpha value is -3.50. The zero-order valence-electron chi connectivity index (χ0n) is 36.1. The maximum Gasteiger partial charge on any atom is 0.261 e. The van der Waals surface area contributed by atoms with Crippen LogP contribution in [-0.2, 0) is 21.1 Å². The first-order chi connectivity index (χ1) is 28.7. The standard InChI is InChI=1S/C47H60IN7O4Si/c1-31(36-22-16-28-53(36)6)55-44-38(41(48)51-55)43(49-42(50-44)39-35-21-15-26-47(40(35)59-52-39)25-14-13-23-37(47)56)54-30-46(5,57)27-24-32(54)29-58-60(45(2,3)4,33-17-9-7-10-18-33)34-19-11-8-12-20-34/h7-12,17-20,31-32,36,57H,13-16,21-30H2,1-6H3/t31-,32+,36-,46?,47+/m0/s1. The van der Waals surface area contributed by atoms with Crippen molar-refractivity contribution in [3.8, 4) is 11.5 Å². The van der Waals surface area contributed by atoms with Gasteiger partial charge in [0.15, 0.2) is 22.9 Å². The molecule has 60 heavy (non-hydrogen) atoms. The number of Topliss-reactive ketones (excluding diaryl/α,β-unsaturated/α-hetero) is 1. The Morgan fingerprint density at radius 1 is 0.967 bits per heavy atom. The van der Waals surface area contributed by atoms with Crippen LogP contribution in [0.3, 0.4) is 0 Å². The molecule has 2 saturated heterocycles. The molecule has 9 rings (SSSR count). The summed E-state index contributed by atoms with van der Waals surface area (Å²) in [4.78, 5) is 29.3. The molecule has 4 aliphatic rings. The first-order valence-corrected chi connectivity index (χ1v) is 25.2. The summed E-state index contributed by atoms with van der Waals surface area (Å²) < 4.78 is 16.8. The van der Waals surface area contributed by atoms with Gasteiger partial charge in [-0.2, -0.15) is 5.10 Å². The van der Waals surface area contributed by atoms with Crippen LogP contribution in [0.4, 0.5) is 5.82 Å². The molecule has 2 aromatic carbocycles. The van der Waals surface area contributed by atoms with Gasteiger partial charge in [0.1, 0.15) is 15.3 Å². The van der Waals surface area contributed by atoms with Crippen LogP contribution in [0, 0.1) is 3.70 Å². The van der Waals surface area contributed by atoms with Crippen molar-refractivity contribution in [3.05, 3.63) is 75.7 Å². The van der Waals surface area contributed by atoms with Crippen LogP contribution in [0.15, 0.2) is 65.2 Å². The third-order valence-corrected chi connectivity index (χ3v) is 20.2. The van der Waals surface area contributed by atoms with E-state index in [1.807, 2.05) is 6.92 Å². The van der Waals surface area contributed by atoms with Crippen molar-refractivity contribution in [2.24, 2.45) is 0 Å². The molecule has 2 aliphatic heterocycles. The van der Waals surface area contributed by atoms with E-state index in [1.54, 1.807) is 0 Å². The Morgan fingerprint density at radius 3 is 2.32 bits per heavy atom. The normalized spacial score (nSPS) is 25.9. The SMILES string of the molecule is C[C@@H]([C@@H]1CCCN1C)n1nc(I)c2c(N3CC(C)(O)CC[C@@H]3CO[Si](c3ccccc3)(c3ccccc3)C(C)(C)C)nc(-c3noc4c3CCC[C@@]43CCCCC3=O)nc21. The molecule has 0 amide bonds. The number of carbonyl (C=O) groups is 1. The van der Waals surface area contributed by atoms with E-state index in [-0.39, 0.29) is 22.9 Å². The van der Waals surface area contributed by atoms with Crippen molar-refractivity contribution in [1.29, 1.82) is 0 Å². The number of piperidine rings is 1. The van der Waals surface area contributed by atoms with Gasteiger partial charge in [-0.25, -0.2) is 14.6 Å². The molecule has 1 saturated carbocycles. The molecular formula is C47H60IN7O4Si. The Morgan fingerprint density at radius 2 is 1.67 bits per heavy atom. The van der Waals surface area contributed by atoms with Gasteiger partial charge in [-0.15, -0.1) is 0 Å². The number of ketones is 1. The summed E-state index contributed by atoms with van der Waals surface area (Å²) in [5.41, 5.74) is 0.747. The van der Waals surface area contributed by atoms with Gasteiger partial charge in [0.25, 0.3) is 8.32 Å². The monoisotopic (exact) mass is 941 g/mol. The number of aromatic nitrogens is 5. The minimum Gasteiger partial charge on any atom is -0.405 e. The number of rotatable bonds is 9. The number of anilines is 1. The summed E-state index contributed by atoms with van der Waals surface area (Å²) in [5.74, 6) is 2.20. The van der Waals surface area contributed by atoms with Crippen LogP contribution in [0.25, 0.3) is 22.6 Å². The summed E-state index contributed by atoms with van der Waals surface area (Å²) in [5, 5.41) is 25.0. The van der Waals surface area contributed by atoms with Gasteiger partial charge < -0.3 is 23.9 Å². The number of hydrogen-bond donors (Lipinski definition) is 1. The summed E-state index contributed by atoms with van der Waals surface area (Å²) in [6.07, 6.45) is 9.34. The predicted octanol–water partition coefficient (Wildman–Crippen LogP) is 7.75. The molecule has 3 fully saturated rings. The van der Waals surface area contributed by atoms with Crippen LogP contribution < -0.4 is 15.3 Å². The van der Waals surface area contributed by atoms with Crippen molar-refractivity contribution >= 4 is 63.9 Å². The summed E-state index contributed by atoms with van der Waals surface area (Å²) in [6, 6.07) is 21.8. The predicted molar refractivity (Wildman–Crippen MR) is 247 cm³/mol. The average molecular weight is 942 g/mol. The average Bonchev–Trinajstić information content (AvgIpc) is 3.96. The second-order valence-corrected chi connectivity index (χ2v) is 24.8. The Labute approximate surface area is 368 Å². The number of fused-ring (bicyclic) bond motifs is 3. The van der Waals surface area contributed by atoms with Crippen molar-refractivity contribution in [3.63, 3.8) is 0 Å². The summed E-state index contributed by atoms with van der Waals surface area (Å²) in [7, 11) is -0.686. The highest BCUT2D eigenvalue weighted by atomic mass is 127. The fourth-order valence-corrected chi connectivity index (χ4v) is 16.6. The van der Waals surface area contributed by atoms with Gasteiger partial charge in [0.05, 0.1) is 35.1 Å². The summed E-state index contributed by atoms with van der Waals surface area (Å²) >= 11 is 2.35. The Balaban J connectivity index is 1.20. The largest absolute Gasteiger partial charge is 0.405 e. The molecule has 0 bridgehead atoms. The molecule has 5 aromatic rings. The molecule has 11 nitrogen and oxygen atoms in total. The second kappa shape index (κ2) is 16.0. The molecule has 0 radical (unpaired) electrons. The number of halogens is 1. The van der Waals surface area contributed by atoms with Gasteiger partial charge in [0, 0.05) is 24.6 Å². The van der Waals surface area contributed by atoms with Crippen molar-refractivity contribution in [2.75, 3.05) is 31.6 Å². The molecular weight excluding hydrogens is 882 g/mol. The van der Waals surface area contributed by atoms with E-state index in [0.29, 0.717) is 50.0 Å². The van der Waals surface area contributed by atoms with E-state index in [2.05, 4.69) is 132 Å². The first kappa shape index (κ1) is 41.8. The van der Waals surface area contributed by atoms with Crippen LogP contribution in [0.1, 0.15) is 116 Å². The fraction of sp³-hybridized carbons (Fsp3) is 0.553. The van der Waals surface area contributed by atoms with Crippen molar-refractivity contribution < 1.29 is 18.9 Å². The fourth-order valence-electron chi connectivity index (χ4n) is 11.3. The molecule has 318 valence electrons. The molecule has 1 unspecified atom stereocenters. The van der Waals surface area contributed by atoms with Gasteiger partial charge in [0.2, 0.25) is 0 Å². The quantitative estimate of drug-likeness (QED) is 0.116. The van der Waals surface area contributed by atoms with E-state index in [9.17, 15) is 9.90 Å². The Bertz CT molecular complexity index is 2320. The number of hydrogen-bond acceptors (Lipinski definition) is 10. The Kier molecular flexibility index (Phi) is 11.2. The van der Waals surface area contributed by atoms with Gasteiger partial charge in [-0.3, -0.25) is 4.79 Å². The van der Waals surface area contributed by atoms with Crippen molar-refractivity contribution in [1.82, 2.24) is 29.8 Å². The van der Waals surface area contributed by atoms with Crippen LogP contribution in [0.5, 0.6) is 0 Å². The van der Waals surface area contributed by atoms with E-state index < -0.39 is 19.3 Å². The number of β-amino-alcohol motifs (C(OH)–C–C–N with tert-alkyl or cyclic N) is 1. The number of likely N-dealkylation sites (N-methyl/N-ethyl adjacent to an activating group) is 1. The molecule has 3 aromatic heterocycles. The van der Waals surface area contributed by atoms with Gasteiger partial charge in [-0.1, -0.05) is 93.0 Å². The van der Waals surface area contributed by atoms with E-state index >= 15 is 0 Å². The number of nitrogens with zero attached hydrogens (tertiary/aromatic N) is 7. The summed E-state index contributed by atoms with van der Waals surface area (Å²) in [6.45, 7) is 13.0. The molecule has 1 spiro atoms. The van der Waals surface area contributed by atoms with Crippen LogP contribution >= 0.6 is 22.6 Å². The zero-order valence-corrected chi connectivity index (χ0v) is 39.2. The van der Waals surface area contributed by atoms with Crippen molar-refractivity contribution in [2.45, 2.75) is 139 Å². The third-order valence-electron chi connectivity index (χ3n) is 14.4. The van der Waals surface area contributed by atoms with Crippen LogP contribution in [-0.4, -0.2) is 93.4 Å². The maximum absolute atomic E-state index is 13.7. The van der Waals surface area contributed by atoms with E-state index in [0.717, 1.165) is 89.8 Å². The second-order valence-electron chi connectivity index (χ2n) is 19.4. The lowest BCUT2D eigenvalue weighted by Crippen LogP contribution is -2.67. The minimum absolute atomic E-state index is 0.0483. The minimum atomic E-state index is -2.89. The molecule has 5 heterocycles. The topological polar surface area (TPSA) is 123 Å². The van der Waals surface area contributed by atoms with Crippen LogP contribution in [0.2, 0.25) is 5.04 Å². The molecule has 1 N–H and O–H groups in total. The molecule has 5 atom stereocenters. The van der Waals surface area contributed by atoms with Gasteiger partial charge in [-0.05, 0) is 123 Å². The first-order valence-electron chi connectivity index (χ1n) is 22.2. The lowest BCUT2D eigenvalue weighted by atomic mass is 9.64. The van der Waals surface area contributed by atoms with E-state index in [4.69, 9.17) is 29.2 Å². The zero-order chi connectivity index (χ0) is 42.0. The van der Waals surface area contributed by atoms with E-state index in [1.165, 1.54) is 10.4 Å². The molecule has 13 heteroatoms. The number of benzene rings is 2. The third kappa shape index (κ3) is 7.07. The smallest absolute Gasteiger partial charge is 0.261 e. The lowest BCUT2D eigenvalue weighted by Gasteiger charge is -2.47. The molecule has 2 aliphatic carbocycles. The maximum atomic E-state index is 13.7. The lowest BCUT2D eigenvalue weighted by molar-refractivity contribution is -0.128. The number of carbonyl (C=O) groups excluding carboxylic acids is 1. The number of aliphatic hydroxyl groups is 1. The number of likely N-dealkylation sites (tertiary alicyclic amines) is 1.